The molecule has 18 heavy (non-hydrogen) atoms. The molecular weight excluding hydrogens is 235 g/mol. The van der Waals surface area contributed by atoms with Crippen LogP contribution < -0.4 is 0 Å². The van der Waals surface area contributed by atoms with Crippen molar-refractivity contribution in [3.63, 3.8) is 0 Å². The fourth-order valence-electron chi connectivity index (χ4n) is 2.32. The summed E-state index contributed by atoms with van der Waals surface area (Å²) < 4.78 is 18.5. The van der Waals surface area contributed by atoms with Crippen LogP contribution in [-0.2, 0) is 15.1 Å². The second-order valence-electron chi connectivity index (χ2n) is 4.87. The number of carbonyl (C=O) groups is 1. The van der Waals surface area contributed by atoms with Crippen LogP contribution in [-0.4, -0.2) is 18.2 Å². The molecule has 3 nitrogen and oxygen atoms in total. The molecule has 0 amide bonds. The third kappa shape index (κ3) is 2.70. The van der Waals surface area contributed by atoms with Gasteiger partial charge in [0.25, 0.3) is 0 Å². The van der Waals surface area contributed by atoms with E-state index in [1.54, 1.807) is 19.9 Å². The molecular formula is C14H19FO3. The van der Waals surface area contributed by atoms with Crippen LogP contribution in [0.1, 0.15) is 26.3 Å². The van der Waals surface area contributed by atoms with E-state index >= 15 is 0 Å². The summed E-state index contributed by atoms with van der Waals surface area (Å²) in [5.41, 5.74) is -1.50. The fraction of sp³-hybridized carbons (Fsp3) is 0.500. The predicted octanol–water partition coefficient (Wildman–Crippen LogP) is 2.48. The Morgan fingerprint density at radius 3 is 2.39 bits per heavy atom. The first-order valence-electron chi connectivity index (χ1n) is 5.87. The van der Waals surface area contributed by atoms with E-state index in [2.05, 4.69) is 0 Å². The molecule has 0 aliphatic carbocycles. The Balaban J connectivity index is 3.25. The first-order chi connectivity index (χ1) is 8.32. The molecule has 1 aromatic rings. The van der Waals surface area contributed by atoms with Gasteiger partial charge in [0.1, 0.15) is 11.4 Å². The molecule has 1 aromatic carbocycles. The van der Waals surface area contributed by atoms with Crippen molar-refractivity contribution in [2.75, 3.05) is 7.11 Å². The molecule has 1 rings (SSSR count). The van der Waals surface area contributed by atoms with Crippen molar-refractivity contribution in [1.82, 2.24) is 0 Å². The Labute approximate surface area is 107 Å². The maximum absolute atomic E-state index is 13.8. The SMILES string of the molecule is COC(=O)C(C(C)C)C(C)(O)c1ccccc1F. The van der Waals surface area contributed by atoms with Crippen molar-refractivity contribution in [1.29, 1.82) is 0 Å². The highest BCUT2D eigenvalue weighted by molar-refractivity contribution is 5.74. The molecule has 2 unspecified atom stereocenters. The Hall–Kier alpha value is -1.42. The summed E-state index contributed by atoms with van der Waals surface area (Å²) >= 11 is 0. The van der Waals surface area contributed by atoms with Crippen LogP contribution in [0.3, 0.4) is 0 Å². The monoisotopic (exact) mass is 254 g/mol. The Kier molecular flexibility index (Phi) is 4.46. The summed E-state index contributed by atoms with van der Waals surface area (Å²) in [4.78, 5) is 11.8. The van der Waals surface area contributed by atoms with Crippen molar-refractivity contribution in [2.45, 2.75) is 26.4 Å². The maximum atomic E-state index is 13.8. The second kappa shape index (κ2) is 5.48. The maximum Gasteiger partial charge on any atom is 0.312 e. The molecule has 0 aliphatic heterocycles. The van der Waals surface area contributed by atoms with Crippen LogP contribution in [0.5, 0.6) is 0 Å². The zero-order valence-corrected chi connectivity index (χ0v) is 11.1. The summed E-state index contributed by atoms with van der Waals surface area (Å²) in [5.74, 6) is -2.07. The van der Waals surface area contributed by atoms with E-state index in [0.717, 1.165) is 0 Å². The van der Waals surface area contributed by atoms with E-state index < -0.39 is 23.3 Å². The van der Waals surface area contributed by atoms with Crippen LogP contribution in [0.25, 0.3) is 0 Å². The number of hydrogen-bond acceptors (Lipinski definition) is 3. The van der Waals surface area contributed by atoms with Gasteiger partial charge in [0, 0.05) is 5.56 Å². The van der Waals surface area contributed by atoms with Crippen molar-refractivity contribution < 1.29 is 19.0 Å². The minimum absolute atomic E-state index is 0.106. The van der Waals surface area contributed by atoms with Gasteiger partial charge in [-0.1, -0.05) is 32.0 Å². The number of hydrogen-bond donors (Lipinski definition) is 1. The number of benzene rings is 1. The van der Waals surface area contributed by atoms with Gasteiger partial charge in [-0.05, 0) is 18.9 Å². The third-order valence-electron chi connectivity index (χ3n) is 3.15. The summed E-state index contributed by atoms with van der Waals surface area (Å²) in [7, 11) is 1.26. The molecule has 0 heterocycles. The number of methoxy groups -OCH3 is 1. The first kappa shape index (κ1) is 14.6. The minimum atomic E-state index is -1.60. The van der Waals surface area contributed by atoms with E-state index in [1.807, 2.05) is 0 Å². The normalized spacial score (nSPS) is 16.2. The summed E-state index contributed by atoms with van der Waals surface area (Å²) in [5, 5.41) is 10.6. The molecule has 0 aromatic heterocycles. The lowest BCUT2D eigenvalue weighted by atomic mass is 9.76. The van der Waals surface area contributed by atoms with Gasteiger partial charge in [-0.15, -0.1) is 0 Å². The molecule has 0 saturated carbocycles. The number of halogens is 1. The molecule has 0 saturated heterocycles. The molecule has 0 spiro atoms. The molecule has 100 valence electrons. The average Bonchev–Trinajstić information content (AvgIpc) is 2.28. The summed E-state index contributed by atoms with van der Waals surface area (Å²) in [6.07, 6.45) is 0. The van der Waals surface area contributed by atoms with Crippen LogP contribution in [0, 0.1) is 17.7 Å². The summed E-state index contributed by atoms with van der Waals surface area (Å²) in [6.45, 7) is 5.01. The topological polar surface area (TPSA) is 46.5 Å². The highest BCUT2D eigenvalue weighted by Gasteiger charge is 2.43. The number of ether oxygens (including phenoxy) is 1. The zero-order valence-electron chi connectivity index (χ0n) is 11.1. The standard InChI is InChI=1S/C14H19FO3/c1-9(2)12(13(16)18-4)14(3,17)10-7-5-6-8-11(10)15/h5-9,12,17H,1-4H3. The molecule has 4 heteroatoms. The highest BCUT2D eigenvalue weighted by atomic mass is 19.1. The number of esters is 1. The Morgan fingerprint density at radius 2 is 1.94 bits per heavy atom. The number of carbonyl (C=O) groups excluding carboxylic acids is 1. The molecule has 0 radical (unpaired) electrons. The number of aliphatic hydroxyl groups is 1. The average molecular weight is 254 g/mol. The van der Waals surface area contributed by atoms with E-state index in [-0.39, 0.29) is 11.5 Å². The predicted molar refractivity (Wildman–Crippen MR) is 66.3 cm³/mol. The van der Waals surface area contributed by atoms with Gasteiger partial charge >= 0.3 is 5.97 Å². The molecule has 0 aliphatic rings. The van der Waals surface area contributed by atoms with Crippen molar-refractivity contribution in [3.05, 3.63) is 35.6 Å². The van der Waals surface area contributed by atoms with Crippen molar-refractivity contribution >= 4 is 5.97 Å². The molecule has 1 N–H and O–H groups in total. The zero-order chi connectivity index (χ0) is 13.9. The van der Waals surface area contributed by atoms with Gasteiger partial charge in [-0.2, -0.15) is 0 Å². The smallest absolute Gasteiger partial charge is 0.312 e. The molecule has 0 bridgehead atoms. The van der Waals surface area contributed by atoms with E-state index in [9.17, 15) is 14.3 Å². The van der Waals surface area contributed by atoms with Crippen LogP contribution >= 0.6 is 0 Å². The lowest BCUT2D eigenvalue weighted by Crippen LogP contribution is -2.41. The number of rotatable bonds is 4. The van der Waals surface area contributed by atoms with E-state index in [1.165, 1.54) is 32.2 Å². The summed E-state index contributed by atoms with van der Waals surface area (Å²) in [6, 6.07) is 5.91. The van der Waals surface area contributed by atoms with Gasteiger partial charge in [0.15, 0.2) is 0 Å². The lowest BCUT2D eigenvalue weighted by molar-refractivity contribution is -0.159. The highest BCUT2D eigenvalue weighted by Crippen LogP contribution is 2.36. The third-order valence-corrected chi connectivity index (χ3v) is 3.15. The molecule has 0 fully saturated rings. The van der Waals surface area contributed by atoms with E-state index in [0.29, 0.717) is 0 Å². The van der Waals surface area contributed by atoms with Gasteiger partial charge in [-0.25, -0.2) is 4.39 Å². The minimum Gasteiger partial charge on any atom is -0.469 e. The first-order valence-corrected chi connectivity index (χ1v) is 5.87. The van der Waals surface area contributed by atoms with Gasteiger partial charge in [0.05, 0.1) is 13.0 Å². The van der Waals surface area contributed by atoms with E-state index in [4.69, 9.17) is 4.74 Å². The lowest BCUT2D eigenvalue weighted by Gasteiger charge is -2.34. The van der Waals surface area contributed by atoms with Crippen LogP contribution in [0.2, 0.25) is 0 Å². The Bertz CT molecular complexity index is 427. The quantitative estimate of drug-likeness (QED) is 0.840. The van der Waals surface area contributed by atoms with Gasteiger partial charge in [0.2, 0.25) is 0 Å². The van der Waals surface area contributed by atoms with Crippen molar-refractivity contribution in [3.8, 4) is 0 Å². The van der Waals surface area contributed by atoms with Crippen LogP contribution in [0.15, 0.2) is 24.3 Å². The van der Waals surface area contributed by atoms with Gasteiger partial charge < -0.3 is 9.84 Å². The van der Waals surface area contributed by atoms with Crippen molar-refractivity contribution in [2.24, 2.45) is 11.8 Å². The van der Waals surface area contributed by atoms with Gasteiger partial charge in [-0.3, -0.25) is 4.79 Å². The largest absolute Gasteiger partial charge is 0.469 e. The Morgan fingerprint density at radius 1 is 1.39 bits per heavy atom. The molecule has 2 atom stereocenters. The second-order valence-corrected chi connectivity index (χ2v) is 4.87. The fourth-order valence-corrected chi connectivity index (χ4v) is 2.32. The van der Waals surface area contributed by atoms with Crippen LogP contribution in [0.4, 0.5) is 4.39 Å².